The number of halogens is 2. The molecule has 0 aliphatic rings. The molecule has 0 amide bonds. The number of benzene rings is 1. The van der Waals surface area contributed by atoms with Crippen molar-refractivity contribution in [2.24, 2.45) is 0 Å². The first-order valence-electron chi connectivity index (χ1n) is 7.96. The number of rotatable bonds is 4. The molecule has 0 saturated carbocycles. The van der Waals surface area contributed by atoms with Crippen molar-refractivity contribution in [1.82, 2.24) is 19.4 Å². The molecule has 0 aliphatic heterocycles. The lowest BCUT2D eigenvalue weighted by Crippen LogP contribution is -2.12. The van der Waals surface area contributed by atoms with Gasteiger partial charge >= 0.3 is 0 Å². The molecule has 1 N–H and O–H groups in total. The van der Waals surface area contributed by atoms with Gasteiger partial charge < -0.3 is 18.9 Å². The van der Waals surface area contributed by atoms with Gasteiger partial charge in [-0.15, -0.1) is 0 Å². The van der Waals surface area contributed by atoms with Crippen LogP contribution in [0.4, 0.5) is 0 Å². The highest BCUT2D eigenvalue weighted by Gasteiger charge is 2.12. The van der Waals surface area contributed by atoms with Gasteiger partial charge in [0.05, 0.1) is 40.9 Å². The van der Waals surface area contributed by atoms with Crippen LogP contribution in [0.15, 0.2) is 35.4 Å². The largest absolute Gasteiger partial charge is 0.493 e. The van der Waals surface area contributed by atoms with Gasteiger partial charge in [0.15, 0.2) is 11.5 Å². The second-order valence-corrected chi connectivity index (χ2v) is 6.70. The number of imidazole rings is 1. The van der Waals surface area contributed by atoms with Gasteiger partial charge in [0.25, 0.3) is 5.56 Å². The highest BCUT2D eigenvalue weighted by atomic mass is 35.5. The summed E-state index contributed by atoms with van der Waals surface area (Å²) in [5, 5.41) is 1.29. The van der Waals surface area contributed by atoms with E-state index >= 15 is 0 Å². The molecule has 3 aromatic heterocycles. The summed E-state index contributed by atoms with van der Waals surface area (Å²) in [6.07, 6.45) is 3.84. The molecule has 0 unspecified atom stereocenters. The van der Waals surface area contributed by atoms with Crippen molar-refractivity contribution in [1.29, 1.82) is 0 Å². The molecule has 0 fully saturated rings. The van der Waals surface area contributed by atoms with E-state index in [2.05, 4.69) is 15.0 Å². The molecular formula is C18H14Cl2N4O3. The molecule has 0 spiro atoms. The Morgan fingerprint density at radius 3 is 2.52 bits per heavy atom. The van der Waals surface area contributed by atoms with E-state index in [1.807, 2.05) is 6.20 Å². The van der Waals surface area contributed by atoms with Crippen molar-refractivity contribution in [2.75, 3.05) is 14.2 Å². The van der Waals surface area contributed by atoms with Crippen molar-refractivity contribution in [3.63, 3.8) is 0 Å². The molecule has 3 heterocycles. The Labute approximate surface area is 163 Å². The highest BCUT2D eigenvalue weighted by molar-refractivity contribution is 6.42. The van der Waals surface area contributed by atoms with Gasteiger partial charge in [-0.05, 0) is 6.07 Å². The van der Waals surface area contributed by atoms with E-state index in [1.54, 1.807) is 28.8 Å². The van der Waals surface area contributed by atoms with Crippen molar-refractivity contribution in [2.45, 2.75) is 6.42 Å². The zero-order valence-corrected chi connectivity index (χ0v) is 15.9. The number of hydrogen-bond acceptors (Lipinski definition) is 5. The van der Waals surface area contributed by atoms with Crippen LogP contribution in [0.25, 0.3) is 16.6 Å². The zero-order chi connectivity index (χ0) is 19.1. The fourth-order valence-corrected chi connectivity index (χ4v) is 3.20. The van der Waals surface area contributed by atoms with Gasteiger partial charge in [0, 0.05) is 30.9 Å². The number of methoxy groups -OCH3 is 2. The predicted octanol–water partition coefficient (Wildman–Crippen LogP) is 3.49. The van der Waals surface area contributed by atoms with Crippen LogP contribution in [-0.2, 0) is 6.42 Å². The van der Waals surface area contributed by atoms with Crippen LogP contribution in [0.1, 0.15) is 11.5 Å². The van der Waals surface area contributed by atoms with Gasteiger partial charge in [-0.1, -0.05) is 23.2 Å². The van der Waals surface area contributed by atoms with Gasteiger partial charge in [-0.3, -0.25) is 4.79 Å². The molecular weight excluding hydrogens is 391 g/mol. The number of H-pyrrole nitrogens is 1. The number of hydrogen-bond donors (Lipinski definition) is 1. The Morgan fingerprint density at radius 2 is 1.78 bits per heavy atom. The summed E-state index contributed by atoms with van der Waals surface area (Å²) < 4.78 is 12.3. The minimum Gasteiger partial charge on any atom is -0.493 e. The van der Waals surface area contributed by atoms with Crippen molar-refractivity contribution < 1.29 is 9.47 Å². The summed E-state index contributed by atoms with van der Waals surface area (Å²) in [7, 11) is 3.05. The predicted molar refractivity (Wildman–Crippen MR) is 103 cm³/mol. The second kappa shape index (κ2) is 6.75. The number of fused-ring (bicyclic) bond motifs is 2. The first kappa shape index (κ1) is 17.6. The van der Waals surface area contributed by atoms with E-state index in [9.17, 15) is 4.79 Å². The number of aromatic amines is 1. The zero-order valence-electron chi connectivity index (χ0n) is 14.4. The maximum atomic E-state index is 12.5. The summed E-state index contributed by atoms with van der Waals surface area (Å²) in [6, 6.07) is 4.97. The Kier molecular flexibility index (Phi) is 4.41. The average Bonchev–Trinajstić information content (AvgIpc) is 3.01. The maximum absolute atomic E-state index is 12.5. The van der Waals surface area contributed by atoms with E-state index in [0.29, 0.717) is 50.3 Å². The van der Waals surface area contributed by atoms with E-state index in [0.717, 1.165) is 5.69 Å². The number of aromatic nitrogens is 4. The monoisotopic (exact) mass is 404 g/mol. The quantitative estimate of drug-likeness (QED) is 0.562. The van der Waals surface area contributed by atoms with Crippen molar-refractivity contribution in [3.05, 3.63) is 62.5 Å². The number of nitrogens with zero attached hydrogens (tertiary/aromatic N) is 3. The van der Waals surface area contributed by atoms with Crippen LogP contribution in [-0.4, -0.2) is 33.6 Å². The molecule has 0 atom stereocenters. The standard InChI is InChI=1S/C18H14Cl2N4O3/c1-26-14-4-10-13(6-15(14)27-2)22-16(23-18(10)25)3-9-7-24-8-12(20)11(19)5-17(24)21-9/h4-8H,3H2,1-2H3,(H,22,23,25). The molecule has 0 saturated heterocycles. The Hall–Kier alpha value is -2.77. The number of nitrogens with one attached hydrogen (secondary N) is 1. The minimum atomic E-state index is -0.259. The topological polar surface area (TPSA) is 81.5 Å². The number of ether oxygens (including phenoxy) is 2. The third-order valence-electron chi connectivity index (χ3n) is 4.16. The van der Waals surface area contributed by atoms with E-state index in [-0.39, 0.29) is 5.56 Å². The van der Waals surface area contributed by atoms with Crippen LogP contribution >= 0.6 is 23.2 Å². The summed E-state index contributed by atoms with van der Waals surface area (Å²) in [5.41, 5.74) is 1.64. The van der Waals surface area contributed by atoms with Crippen LogP contribution in [0, 0.1) is 0 Å². The van der Waals surface area contributed by atoms with Gasteiger partial charge in [0.2, 0.25) is 0 Å². The Balaban J connectivity index is 1.77. The Morgan fingerprint density at radius 1 is 1.04 bits per heavy atom. The van der Waals surface area contributed by atoms with Crippen molar-refractivity contribution >= 4 is 39.8 Å². The third-order valence-corrected chi connectivity index (χ3v) is 4.87. The first-order valence-corrected chi connectivity index (χ1v) is 8.71. The minimum absolute atomic E-state index is 0.259. The van der Waals surface area contributed by atoms with Gasteiger partial charge in [-0.25, -0.2) is 9.97 Å². The van der Waals surface area contributed by atoms with Crippen LogP contribution in [0.5, 0.6) is 11.5 Å². The first-order chi connectivity index (χ1) is 13.0. The molecule has 0 aliphatic carbocycles. The van der Waals surface area contributed by atoms with Crippen LogP contribution in [0.3, 0.4) is 0 Å². The lowest BCUT2D eigenvalue weighted by atomic mass is 10.2. The maximum Gasteiger partial charge on any atom is 0.258 e. The fourth-order valence-electron chi connectivity index (χ4n) is 2.89. The van der Waals surface area contributed by atoms with Crippen LogP contribution in [0.2, 0.25) is 10.0 Å². The molecule has 4 aromatic rings. The molecule has 1 aromatic carbocycles. The normalized spacial score (nSPS) is 11.3. The fraction of sp³-hybridized carbons (Fsp3) is 0.167. The highest BCUT2D eigenvalue weighted by Crippen LogP contribution is 2.30. The smallest absolute Gasteiger partial charge is 0.258 e. The van der Waals surface area contributed by atoms with Gasteiger partial charge in [0.1, 0.15) is 11.5 Å². The lowest BCUT2D eigenvalue weighted by molar-refractivity contribution is 0.355. The molecule has 27 heavy (non-hydrogen) atoms. The van der Waals surface area contributed by atoms with E-state index < -0.39 is 0 Å². The number of pyridine rings is 1. The molecule has 4 rings (SSSR count). The van der Waals surface area contributed by atoms with E-state index in [4.69, 9.17) is 32.7 Å². The summed E-state index contributed by atoms with van der Waals surface area (Å²) in [5.74, 6) is 1.46. The average molecular weight is 405 g/mol. The lowest BCUT2D eigenvalue weighted by Gasteiger charge is -2.09. The molecule has 0 radical (unpaired) electrons. The molecule has 7 nitrogen and oxygen atoms in total. The summed E-state index contributed by atoms with van der Waals surface area (Å²) >= 11 is 12.1. The molecule has 0 bridgehead atoms. The summed E-state index contributed by atoms with van der Waals surface area (Å²) in [6.45, 7) is 0. The summed E-state index contributed by atoms with van der Waals surface area (Å²) in [4.78, 5) is 24.3. The molecule has 9 heteroatoms. The molecule has 138 valence electrons. The second-order valence-electron chi connectivity index (χ2n) is 5.88. The van der Waals surface area contributed by atoms with Crippen molar-refractivity contribution in [3.8, 4) is 11.5 Å². The van der Waals surface area contributed by atoms with E-state index in [1.165, 1.54) is 14.2 Å². The third kappa shape index (κ3) is 3.20. The van der Waals surface area contributed by atoms with Gasteiger partial charge in [-0.2, -0.15) is 0 Å². The van der Waals surface area contributed by atoms with Crippen LogP contribution < -0.4 is 15.0 Å². The Bertz CT molecular complexity index is 1190. The SMILES string of the molecule is COc1cc2nc(Cc3cn4cc(Cl)c(Cl)cc4n3)[nH]c(=O)c2cc1OC.